The SMILES string of the molecule is CS(=O)(=O)N1CCN(Cc2ccc(C(=O)NCCc3ccccc3)cc2)CC1. The summed E-state index contributed by atoms with van der Waals surface area (Å²) in [6, 6.07) is 17.7. The fraction of sp³-hybridized carbons (Fsp3) is 0.381. The smallest absolute Gasteiger partial charge is 0.251 e. The number of sulfonamides is 1. The summed E-state index contributed by atoms with van der Waals surface area (Å²) in [4.78, 5) is 14.5. The fourth-order valence-electron chi connectivity index (χ4n) is 3.31. The Bertz CT molecular complexity index is 875. The number of carbonyl (C=O) groups excluding carboxylic acids is 1. The number of piperazine rings is 1. The minimum atomic E-state index is -3.10. The minimum absolute atomic E-state index is 0.0655. The molecule has 0 atom stereocenters. The van der Waals surface area contributed by atoms with Crippen molar-refractivity contribution in [3.8, 4) is 0 Å². The van der Waals surface area contributed by atoms with E-state index in [4.69, 9.17) is 0 Å². The molecular formula is C21H27N3O3S. The van der Waals surface area contributed by atoms with E-state index < -0.39 is 10.0 Å². The van der Waals surface area contributed by atoms with Crippen molar-refractivity contribution in [3.63, 3.8) is 0 Å². The van der Waals surface area contributed by atoms with Gasteiger partial charge >= 0.3 is 0 Å². The van der Waals surface area contributed by atoms with Crippen LogP contribution in [0.3, 0.4) is 0 Å². The van der Waals surface area contributed by atoms with Crippen LogP contribution in [-0.2, 0) is 23.0 Å². The van der Waals surface area contributed by atoms with E-state index in [-0.39, 0.29) is 5.91 Å². The number of amides is 1. The lowest BCUT2D eigenvalue weighted by Crippen LogP contribution is -2.47. The first kappa shape index (κ1) is 20.5. The summed E-state index contributed by atoms with van der Waals surface area (Å²) in [5.74, 6) is -0.0655. The molecule has 0 spiro atoms. The lowest BCUT2D eigenvalue weighted by Gasteiger charge is -2.33. The second-order valence-corrected chi connectivity index (χ2v) is 9.11. The van der Waals surface area contributed by atoms with Crippen molar-refractivity contribution >= 4 is 15.9 Å². The molecule has 7 heteroatoms. The van der Waals surface area contributed by atoms with Gasteiger partial charge in [0.15, 0.2) is 0 Å². The molecule has 1 aliphatic heterocycles. The Labute approximate surface area is 167 Å². The molecule has 1 aliphatic rings. The van der Waals surface area contributed by atoms with E-state index in [0.717, 1.165) is 31.6 Å². The maximum absolute atomic E-state index is 12.3. The standard InChI is InChI=1S/C21H27N3O3S/c1-28(26,27)24-15-13-23(14-16-24)17-19-7-9-20(10-8-19)21(25)22-12-11-18-5-3-2-4-6-18/h2-10H,11-17H2,1H3,(H,22,25). The molecule has 3 rings (SSSR count). The molecular weight excluding hydrogens is 374 g/mol. The third kappa shape index (κ3) is 5.89. The molecule has 150 valence electrons. The summed E-state index contributed by atoms with van der Waals surface area (Å²) in [5, 5.41) is 2.96. The molecule has 28 heavy (non-hydrogen) atoms. The van der Waals surface area contributed by atoms with Gasteiger partial charge in [-0.2, -0.15) is 4.31 Å². The molecule has 0 bridgehead atoms. The molecule has 0 radical (unpaired) electrons. The van der Waals surface area contributed by atoms with Crippen molar-refractivity contribution in [2.45, 2.75) is 13.0 Å². The topological polar surface area (TPSA) is 69.7 Å². The fourth-order valence-corrected chi connectivity index (χ4v) is 4.13. The first-order chi connectivity index (χ1) is 13.4. The Hall–Kier alpha value is -2.22. The van der Waals surface area contributed by atoms with Crippen LogP contribution in [0.15, 0.2) is 54.6 Å². The zero-order valence-electron chi connectivity index (χ0n) is 16.2. The van der Waals surface area contributed by atoms with E-state index in [1.807, 2.05) is 42.5 Å². The van der Waals surface area contributed by atoms with Crippen LogP contribution in [0.1, 0.15) is 21.5 Å². The first-order valence-corrected chi connectivity index (χ1v) is 11.4. The molecule has 2 aromatic carbocycles. The van der Waals surface area contributed by atoms with Gasteiger partial charge in [-0.15, -0.1) is 0 Å². The van der Waals surface area contributed by atoms with Crippen molar-refractivity contribution in [1.29, 1.82) is 0 Å². The Morgan fingerprint density at radius 1 is 0.929 bits per heavy atom. The highest BCUT2D eigenvalue weighted by Gasteiger charge is 2.23. The summed E-state index contributed by atoms with van der Waals surface area (Å²) < 4.78 is 24.7. The molecule has 0 unspecified atom stereocenters. The lowest BCUT2D eigenvalue weighted by molar-refractivity contribution is 0.0954. The van der Waals surface area contributed by atoms with Gasteiger partial charge in [-0.3, -0.25) is 9.69 Å². The van der Waals surface area contributed by atoms with E-state index >= 15 is 0 Å². The number of rotatable bonds is 7. The molecule has 0 saturated carbocycles. The zero-order chi connectivity index (χ0) is 20.0. The largest absolute Gasteiger partial charge is 0.352 e. The highest BCUT2D eigenvalue weighted by atomic mass is 32.2. The first-order valence-electron chi connectivity index (χ1n) is 9.50. The maximum atomic E-state index is 12.3. The van der Waals surface area contributed by atoms with E-state index in [2.05, 4.69) is 22.3 Å². The average molecular weight is 402 g/mol. The number of nitrogens with one attached hydrogen (secondary N) is 1. The van der Waals surface area contributed by atoms with Crippen molar-refractivity contribution in [2.75, 3.05) is 39.0 Å². The summed E-state index contributed by atoms with van der Waals surface area (Å²) in [6.45, 7) is 3.85. The van der Waals surface area contributed by atoms with E-state index in [9.17, 15) is 13.2 Å². The Kier molecular flexibility index (Phi) is 6.83. The predicted molar refractivity (Wildman–Crippen MR) is 111 cm³/mol. The normalized spacial score (nSPS) is 16.0. The minimum Gasteiger partial charge on any atom is -0.352 e. The van der Waals surface area contributed by atoms with E-state index in [0.29, 0.717) is 25.2 Å². The molecule has 1 saturated heterocycles. The summed E-state index contributed by atoms with van der Waals surface area (Å²) >= 11 is 0. The molecule has 6 nitrogen and oxygen atoms in total. The monoisotopic (exact) mass is 401 g/mol. The molecule has 1 amide bonds. The van der Waals surface area contributed by atoms with Crippen LogP contribution < -0.4 is 5.32 Å². The highest BCUT2D eigenvalue weighted by molar-refractivity contribution is 7.88. The van der Waals surface area contributed by atoms with Crippen LogP contribution in [0.25, 0.3) is 0 Å². The van der Waals surface area contributed by atoms with Gasteiger partial charge in [0, 0.05) is 44.8 Å². The average Bonchev–Trinajstić information content (AvgIpc) is 2.69. The number of hydrogen-bond acceptors (Lipinski definition) is 4. The number of benzene rings is 2. The van der Waals surface area contributed by atoms with Crippen LogP contribution in [0, 0.1) is 0 Å². The number of hydrogen-bond donors (Lipinski definition) is 1. The summed E-state index contributed by atoms with van der Waals surface area (Å²) in [7, 11) is -3.10. The zero-order valence-corrected chi connectivity index (χ0v) is 17.0. The van der Waals surface area contributed by atoms with Crippen LogP contribution in [-0.4, -0.2) is 62.5 Å². The molecule has 1 N–H and O–H groups in total. The van der Waals surface area contributed by atoms with Crippen LogP contribution in [0.5, 0.6) is 0 Å². The third-order valence-electron chi connectivity index (χ3n) is 4.96. The van der Waals surface area contributed by atoms with Crippen LogP contribution in [0.4, 0.5) is 0 Å². The van der Waals surface area contributed by atoms with Gasteiger partial charge < -0.3 is 5.32 Å². The summed E-state index contributed by atoms with van der Waals surface area (Å²) in [6.07, 6.45) is 2.07. The number of nitrogens with zero attached hydrogens (tertiary/aromatic N) is 2. The quantitative estimate of drug-likeness (QED) is 0.767. The van der Waals surface area contributed by atoms with Gasteiger partial charge in [0.2, 0.25) is 10.0 Å². The Morgan fingerprint density at radius 3 is 2.18 bits per heavy atom. The molecule has 0 aromatic heterocycles. The molecule has 1 fully saturated rings. The van der Waals surface area contributed by atoms with Gasteiger partial charge in [-0.25, -0.2) is 8.42 Å². The van der Waals surface area contributed by atoms with E-state index in [1.54, 1.807) is 0 Å². The van der Waals surface area contributed by atoms with Gasteiger partial charge in [0.25, 0.3) is 5.91 Å². The van der Waals surface area contributed by atoms with Crippen LogP contribution >= 0.6 is 0 Å². The Balaban J connectivity index is 1.45. The van der Waals surface area contributed by atoms with Crippen molar-refractivity contribution in [3.05, 3.63) is 71.3 Å². The molecule has 1 heterocycles. The highest BCUT2D eigenvalue weighted by Crippen LogP contribution is 2.12. The van der Waals surface area contributed by atoms with Gasteiger partial charge in [-0.05, 0) is 29.7 Å². The van der Waals surface area contributed by atoms with E-state index in [1.165, 1.54) is 16.1 Å². The predicted octanol–water partition coefficient (Wildman–Crippen LogP) is 1.74. The summed E-state index contributed by atoms with van der Waals surface area (Å²) in [5.41, 5.74) is 2.97. The van der Waals surface area contributed by atoms with Crippen LogP contribution in [0.2, 0.25) is 0 Å². The second kappa shape index (κ2) is 9.32. The lowest BCUT2D eigenvalue weighted by atomic mass is 10.1. The van der Waals surface area contributed by atoms with Crippen molar-refractivity contribution < 1.29 is 13.2 Å². The molecule has 2 aromatic rings. The Morgan fingerprint density at radius 2 is 1.57 bits per heavy atom. The van der Waals surface area contributed by atoms with Crippen molar-refractivity contribution in [1.82, 2.24) is 14.5 Å². The molecule has 0 aliphatic carbocycles. The maximum Gasteiger partial charge on any atom is 0.251 e. The number of carbonyl (C=O) groups is 1. The third-order valence-corrected chi connectivity index (χ3v) is 6.27. The van der Waals surface area contributed by atoms with Gasteiger partial charge in [0.05, 0.1) is 6.26 Å². The van der Waals surface area contributed by atoms with Gasteiger partial charge in [-0.1, -0.05) is 42.5 Å². The van der Waals surface area contributed by atoms with Gasteiger partial charge in [0.1, 0.15) is 0 Å². The second-order valence-electron chi connectivity index (χ2n) is 7.13. The van der Waals surface area contributed by atoms with Crippen molar-refractivity contribution in [2.24, 2.45) is 0 Å².